The van der Waals surface area contributed by atoms with Crippen molar-refractivity contribution in [3.63, 3.8) is 0 Å². The Morgan fingerprint density at radius 2 is 1.67 bits per heavy atom. The largest absolute Gasteiger partial charge is 0.493 e. The van der Waals surface area contributed by atoms with E-state index in [1.165, 1.54) is 0 Å². The van der Waals surface area contributed by atoms with Crippen molar-refractivity contribution in [2.75, 3.05) is 20.3 Å². The monoisotopic (exact) mass is 288 g/mol. The van der Waals surface area contributed by atoms with Crippen molar-refractivity contribution in [1.29, 1.82) is 0 Å². The molecule has 2 aromatic rings. The first-order chi connectivity index (χ1) is 10.3. The van der Waals surface area contributed by atoms with E-state index < -0.39 is 0 Å². The molecule has 0 aliphatic carbocycles. The number of hydrogen-bond acceptors (Lipinski definition) is 4. The fourth-order valence-corrected chi connectivity index (χ4v) is 1.88. The van der Waals surface area contributed by atoms with Crippen molar-refractivity contribution in [3.8, 4) is 17.2 Å². The van der Waals surface area contributed by atoms with Gasteiger partial charge in [-0.05, 0) is 29.8 Å². The molecule has 0 saturated carbocycles. The zero-order chi connectivity index (χ0) is 14.9. The van der Waals surface area contributed by atoms with Crippen LogP contribution in [0.4, 0.5) is 0 Å². The van der Waals surface area contributed by atoms with Crippen LogP contribution in [-0.2, 0) is 6.61 Å². The molecule has 4 nitrogen and oxygen atoms in total. The van der Waals surface area contributed by atoms with E-state index in [1.54, 1.807) is 19.2 Å². The topological polar surface area (TPSA) is 47.9 Å². The van der Waals surface area contributed by atoms with Crippen LogP contribution in [0.3, 0.4) is 0 Å². The summed E-state index contributed by atoms with van der Waals surface area (Å²) in [6.07, 6.45) is 0.765. The van der Waals surface area contributed by atoms with Gasteiger partial charge in [-0.1, -0.05) is 24.3 Å². The standard InChI is InChI=1S/C17H20O4/c1-19-16-9-8-14(13-18)12-17(16)21-11-5-10-20-15-6-3-2-4-7-15/h2-4,6-9,12,18H,5,10-11,13H2,1H3. The van der Waals surface area contributed by atoms with Crippen molar-refractivity contribution < 1.29 is 19.3 Å². The van der Waals surface area contributed by atoms with Gasteiger partial charge in [0.05, 0.1) is 26.9 Å². The van der Waals surface area contributed by atoms with Gasteiger partial charge in [-0.25, -0.2) is 0 Å². The lowest BCUT2D eigenvalue weighted by Gasteiger charge is -2.12. The van der Waals surface area contributed by atoms with Gasteiger partial charge >= 0.3 is 0 Å². The minimum Gasteiger partial charge on any atom is -0.493 e. The summed E-state index contributed by atoms with van der Waals surface area (Å²) in [4.78, 5) is 0. The van der Waals surface area contributed by atoms with E-state index in [0.29, 0.717) is 24.7 Å². The molecule has 21 heavy (non-hydrogen) atoms. The fourth-order valence-electron chi connectivity index (χ4n) is 1.88. The molecule has 0 spiro atoms. The molecule has 4 heteroatoms. The number of benzene rings is 2. The smallest absolute Gasteiger partial charge is 0.161 e. The summed E-state index contributed by atoms with van der Waals surface area (Å²) >= 11 is 0. The third kappa shape index (κ3) is 4.68. The van der Waals surface area contributed by atoms with E-state index in [1.807, 2.05) is 36.4 Å². The number of aliphatic hydroxyl groups is 1. The van der Waals surface area contributed by atoms with Gasteiger partial charge in [0.25, 0.3) is 0 Å². The molecular formula is C17H20O4. The van der Waals surface area contributed by atoms with E-state index in [0.717, 1.165) is 17.7 Å². The van der Waals surface area contributed by atoms with Gasteiger partial charge in [0.1, 0.15) is 5.75 Å². The van der Waals surface area contributed by atoms with Gasteiger partial charge in [-0.2, -0.15) is 0 Å². The lowest BCUT2D eigenvalue weighted by molar-refractivity contribution is 0.239. The first-order valence-electron chi connectivity index (χ1n) is 6.92. The number of hydrogen-bond donors (Lipinski definition) is 1. The molecule has 0 aliphatic heterocycles. The number of rotatable bonds is 8. The molecule has 2 rings (SSSR count). The Kier molecular flexibility index (Phi) is 5.91. The van der Waals surface area contributed by atoms with Gasteiger partial charge in [0.2, 0.25) is 0 Å². The molecule has 0 aromatic heterocycles. The highest BCUT2D eigenvalue weighted by molar-refractivity contribution is 5.42. The second-order valence-corrected chi connectivity index (χ2v) is 4.51. The van der Waals surface area contributed by atoms with E-state index >= 15 is 0 Å². The Bertz CT molecular complexity index is 540. The molecule has 0 aliphatic rings. The van der Waals surface area contributed by atoms with Crippen LogP contribution in [0.5, 0.6) is 17.2 Å². The van der Waals surface area contributed by atoms with Crippen LogP contribution < -0.4 is 14.2 Å². The Labute approximate surface area is 124 Å². The third-order valence-corrected chi connectivity index (χ3v) is 2.97. The van der Waals surface area contributed by atoms with E-state index in [9.17, 15) is 0 Å². The van der Waals surface area contributed by atoms with Gasteiger partial charge in [-0.15, -0.1) is 0 Å². The SMILES string of the molecule is COc1ccc(CO)cc1OCCCOc1ccccc1. The molecule has 0 radical (unpaired) electrons. The molecule has 112 valence electrons. The van der Waals surface area contributed by atoms with Crippen LogP contribution in [0, 0.1) is 0 Å². The van der Waals surface area contributed by atoms with Crippen LogP contribution in [0.1, 0.15) is 12.0 Å². The first kappa shape index (κ1) is 15.2. The Balaban J connectivity index is 1.78. The number of ether oxygens (including phenoxy) is 3. The van der Waals surface area contributed by atoms with Crippen molar-refractivity contribution in [3.05, 3.63) is 54.1 Å². The zero-order valence-corrected chi connectivity index (χ0v) is 12.1. The van der Waals surface area contributed by atoms with Crippen LogP contribution in [0.15, 0.2) is 48.5 Å². The summed E-state index contributed by atoms with van der Waals surface area (Å²) in [5.41, 5.74) is 0.798. The third-order valence-electron chi connectivity index (χ3n) is 2.97. The molecular weight excluding hydrogens is 268 g/mol. The summed E-state index contributed by atoms with van der Waals surface area (Å²) in [7, 11) is 1.60. The van der Waals surface area contributed by atoms with Crippen molar-refractivity contribution >= 4 is 0 Å². The zero-order valence-electron chi connectivity index (χ0n) is 12.1. The maximum atomic E-state index is 9.14. The predicted octanol–water partition coefficient (Wildman–Crippen LogP) is 3.04. The summed E-state index contributed by atoms with van der Waals surface area (Å²) in [5, 5.41) is 9.14. The quantitative estimate of drug-likeness (QED) is 0.758. The molecule has 0 saturated heterocycles. The first-order valence-corrected chi connectivity index (χ1v) is 6.92. The molecule has 0 atom stereocenters. The average molecular weight is 288 g/mol. The molecule has 1 N–H and O–H groups in total. The lowest BCUT2D eigenvalue weighted by Crippen LogP contribution is -2.06. The summed E-state index contributed by atoms with van der Waals surface area (Å²) in [6.45, 7) is 1.10. The molecule has 0 bridgehead atoms. The molecule has 0 fully saturated rings. The minimum atomic E-state index is -0.0164. The van der Waals surface area contributed by atoms with Crippen molar-refractivity contribution in [2.24, 2.45) is 0 Å². The molecule has 0 amide bonds. The van der Waals surface area contributed by atoms with Gasteiger partial charge < -0.3 is 19.3 Å². The van der Waals surface area contributed by atoms with Crippen LogP contribution in [0.25, 0.3) is 0 Å². The second kappa shape index (κ2) is 8.17. The Morgan fingerprint density at radius 1 is 0.905 bits per heavy atom. The molecule has 0 unspecified atom stereocenters. The molecule has 0 heterocycles. The highest BCUT2D eigenvalue weighted by atomic mass is 16.5. The minimum absolute atomic E-state index is 0.0164. The van der Waals surface area contributed by atoms with Crippen LogP contribution in [0.2, 0.25) is 0 Å². The second-order valence-electron chi connectivity index (χ2n) is 4.51. The van der Waals surface area contributed by atoms with Gasteiger partial charge in [0.15, 0.2) is 11.5 Å². The summed E-state index contributed by atoms with van der Waals surface area (Å²) in [6, 6.07) is 15.1. The molecule has 2 aromatic carbocycles. The van der Waals surface area contributed by atoms with Gasteiger partial charge in [0, 0.05) is 6.42 Å². The average Bonchev–Trinajstić information content (AvgIpc) is 2.55. The summed E-state index contributed by atoms with van der Waals surface area (Å²) in [5.74, 6) is 2.16. The fraction of sp³-hybridized carbons (Fsp3) is 0.294. The highest BCUT2D eigenvalue weighted by Gasteiger charge is 2.05. The van der Waals surface area contributed by atoms with Crippen LogP contribution >= 0.6 is 0 Å². The Morgan fingerprint density at radius 3 is 2.38 bits per heavy atom. The highest BCUT2D eigenvalue weighted by Crippen LogP contribution is 2.28. The maximum Gasteiger partial charge on any atom is 0.161 e. The summed E-state index contributed by atoms with van der Waals surface area (Å²) < 4.78 is 16.5. The predicted molar refractivity (Wildman–Crippen MR) is 81.0 cm³/mol. The van der Waals surface area contributed by atoms with Crippen LogP contribution in [-0.4, -0.2) is 25.4 Å². The van der Waals surface area contributed by atoms with E-state index in [2.05, 4.69) is 0 Å². The van der Waals surface area contributed by atoms with Crippen molar-refractivity contribution in [2.45, 2.75) is 13.0 Å². The number of aliphatic hydroxyl groups excluding tert-OH is 1. The lowest BCUT2D eigenvalue weighted by atomic mass is 10.2. The van der Waals surface area contributed by atoms with Gasteiger partial charge in [-0.3, -0.25) is 0 Å². The van der Waals surface area contributed by atoms with E-state index in [-0.39, 0.29) is 6.61 Å². The number of methoxy groups -OCH3 is 1. The van der Waals surface area contributed by atoms with E-state index in [4.69, 9.17) is 19.3 Å². The normalized spacial score (nSPS) is 10.2. The Hall–Kier alpha value is -2.20. The van der Waals surface area contributed by atoms with Crippen molar-refractivity contribution in [1.82, 2.24) is 0 Å². The number of para-hydroxylation sites is 1. The maximum absolute atomic E-state index is 9.14.